The van der Waals surface area contributed by atoms with Crippen LogP contribution in [0.15, 0.2) is 60.7 Å². The van der Waals surface area contributed by atoms with Crippen LogP contribution in [0.2, 0.25) is 0 Å². The fourth-order valence-electron chi connectivity index (χ4n) is 4.33. The number of carboxylic acids is 2. The summed E-state index contributed by atoms with van der Waals surface area (Å²) < 4.78 is 10.4. The van der Waals surface area contributed by atoms with E-state index >= 15 is 0 Å². The lowest BCUT2D eigenvalue weighted by Gasteiger charge is -2.35. The Morgan fingerprint density at radius 2 is 1.15 bits per heavy atom. The molecule has 2 amide bonds. The van der Waals surface area contributed by atoms with E-state index < -0.39 is 17.4 Å². The number of hydrogen-bond acceptors (Lipinski definition) is 6. The van der Waals surface area contributed by atoms with Crippen molar-refractivity contribution in [1.29, 1.82) is 0 Å². The van der Waals surface area contributed by atoms with Crippen LogP contribution in [-0.2, 0) is 32.3 Å². The van der Waals surface area contributed by atoms with E-state index in [1.165, 1.54) is 0 Å². The third-order valence-corrected chi connectivity index (χ3v) is 7.15. The van der Waals surface area contributed by atoms with Crippen molar-refractivity contribution in [1.82, 2.24) is 9.80 Å². The predicted molar refractivity (Wildman–Crippen MR) is 142 cm³/mol. The average Bonchev–Trinajstić information content (AvgIpc) is 2.96. The molecule has 0 atom stereocenters. The molecule has 2 N–H and O–H groups in total. The Balaban J connectivity index is 0.000000216. The maximum atomic E-state index is 11.9. The summed E-state index contributed by atoms with van der Waals surface area (Å²) in [6.45, 7) is 3.97. The predicted octanol–water partition coefficient (Wildman–Crippen LogP) is 4.63. The first-order valence-electron chi connectivity index (χ1n) is 13.1. The molecular formula is C29H36N2O8. The van der Waals surface area contributed by atoms with Gasteiger partial charge in [-0.1, -0.05) is 60.7 Å². The fourth-order valence-corrected chi connectivity index (χ4v) is 4.33. The Labute approximate surface area is 228 Å². The van der Waals surface area contributed by atoms with E-state index in [0.29, 0.717) is 51.9 Å². The van der Waals surface area contributed by atoms with Crippen LogP contribution in [0, 0.1) is 11.3 Å². The maximum absolute atomic E-state index is 11.9. The molecule has 0 spiro atoms. The highest BCUT2D eigenvalue weighted by Gasteiger charge is 2.38. The summed E-state index contributed by atoms with van der Waals surface area (Å²) in [6, 6.07) is 18.9. The van der Waals surface area contributed by atoms with Crippen LogP contribution in [0.25, 0.3) is 0 Å². The van der Waals surface area contributed by atoms with Crippen molar-refractivity contribution in [2.45, 2.75) is 45.8 Å². The molecule has 0 unspecified atom stereocenters. The fraction of sp³-hybridized carbons (Fsp3) is 0.448. The first-order chi connectivity index (χ1) is 18.7. The van der Waals surface area contributed by atoms with Gasteiger partial charge in [0.05, 0.1) is 11.3 Å². The van der Waals surface area contributed by atoms with Crippen LogP contribution in [0.5, 0.6) is 0 Å². The molecule has 2 fully saturated rings. The molecule has 10 heteroatoms. The molecule has 0 saturated carbocycles. The second-order valence-electron chi connectivity index (χ2n) is 10.0. The zero-order valence-corrected chi connectivity index (χ0v) is 22.2. The van der Waals surface area contributed by atoms with E-state index in [9.17, 15) is 19.2 Å². The van der Waals surface area contributed by atoms with Crippen LogP contribution in [0.3, 0.4) is 0 Å². The van der Waals surface area contributed by atoms with Gasteiger partial charge in [-0.2, -0.15) is 0 Å². The van der Waals surface area contributed by atoms with E-state index in [-0.39, 0.29) is 31.3 Å². The van der Waals surface area contributed by atoms with Crippen LogP contribution in [0.1, 0.15) is 43.7 Å². The number of piperidine rings is 2. The summed E-state index contributed by atoms with van der Waals surface area (Å²) in [6.07, 6.45) is 1.17. The Bertz CT molecular complexity index is 1090. The van der Waals surface area contributed by atoms with E-state index in [1.54, 1.807) is 16.7 Å². The first-order valence-corrected chi connectivity index (χ1v) is 13.1. The summed E-state index contributed by atoms with van der Waals surface area (Å²) in [7, 11) is 0. The second kappa shape index (κ2) is 14.2. The van der Waals surface area contributed by atoms with Gasteiger partial charge in [0.15, 0.2) is 0 Å². The SMILES string of the molecule is CC1(C(=O)O)CCN(C(=O)OCc2ccccc2)CC1.O=C(O)C1CCN(C(=O)OCc2ccccc2)CC1. The maximum Gasteiger partial charge on any atom is 0.410 e. The number of carbonyl (C=O) groups is 4. The average molecular weight is 541 g/mol. The lowest BCUT2D eigenvalue weighted by molar-refractivity contribution is -0.150. The highest BCUT2D eigenvalue weighted by molar-refractivity contribution is 5.75. The number of hydrogen-bond donors (Lipinski definition) is 2. The highest BCUT2D eigenvalue weighted by Crippen LogP contribution is 2.31. The van der Waals surface area contributed by atoms with Crippen molar-refractivity contribution in [3.8, 4) is 0 Å². The first kappa shape index (κ1) is 29.5. The molecule has 0 radical (unpaired) electrons. The molecule has 2 aromatic carbocycles. The molecule has 2 aliphatic rings. The lowest BCUT2D eigenvalue weighted by atomic mass is 9.81. The number of carbonyl (C=O) groups excluding carboxylic acids is 2. The van der Waals surface area contributed by atoms with Crippen LogP contribution < -0.4 is 0 Å². The van der Waals surface area contributed by atoms with E-state index in [1.807, 2.05) is 60.7 Å². The summed E-state index contributed by atoms with van der Waals surface area (Å²) in [5, 5.41) is 18.0. The van der Waals surface area contributed by atoms with Crippen LogP contribution in [-0.4, -0.2) is 70.3 Å². The van der Waals surface area contributed by atoms with Gasteiger partial charge in [-0.15, -0.1) is 0 Å². The van der Waals surface area contributed by atoms with E-state index in [0.717, 1.165) is 11.1 Å². The molecular weight excluding hydrogens is 504 g/mol. The highest BCUT2D eigenvalue weighted by atomic mass is 16.6. The standard InChI is InChI=1S/C15H19NO4.C14H17NO4/c1-15(13(17)18)7-9-16(10-8-15)14(19)20-11-12-5-3-2-4-6-12;16-13(17)12-6-8-15(9-7-12)14(18)19-10-11-4-2-1-3-5-11/h2-6H,7-11H2,1H3,(H,17,18);1-5,12H,6-10H2,(H,16,17). The molecule has 39 heavy (non-hydrogen) atoms. The topological polar surface area (TPSA) is 134 Å². The largest absolute Gasteiger partial charge is 0.481 e. The number of ether oxygens (including phenoxy) is 2. The van der Waals surface area contributed by atoms with Crippen molar-refractivity contribution < 1.29 is 38.9 Å². The number of rotatable bonds is 6. The van der Waals surface area contributed by atoms with Gasteiger partial charge in [-0.25, -0.2) is 9.59 Å². The van der Waals surface area contributed by atoms with Crippen molar-refractivity contribution >= 4 is 24.1 Å². The summed E-state index contributed by atoms with van der Waals surface area (Å²) in [5.41, 5.74) is 1.15. The van der Waals surface area contributed by atoms with Gasteiger partial charge in [-0.3, -0.25) is 9.59 Å². The quantitative estimate of drug-likeness (QED) is 0.542. The normalized spacial score (nSPS) is 16.8. The second-order valence-corrected chi connectivity index (χ2v) is 10.0. The molecule has 10 nitrogen and oxygen atoms in total. The molecule has 0 aromatic heterocycles. The number of likely N-dealkylation sites (tertiary alicyclic amines) is 2. The van der Waals surface area contributed by atoms with Crippen LogP contribution >= 0.6 is 0 Å². The third-order valence-electron chi connectivity index (χ3n) is 7.15. The zero-order chi connectivity index (χ0) is 28.3. The van der Waals surface area contributed by atoms with E-state index in [4.69, 9.17) is 19.7 Å². The minimum absolute atomic E-state index is 0.242. The Hall–Kier alpha value is -4.08. The van der Waals surface area contributed by atoms with Crippen molar-refractivity contribution in [2.24, 2.45) is 11.3 Å². The molecule has 2 saturated heterocycles. The smallest absolute Gasteiger partial charge is 0.410 e. The van der Waals surface area contributed by atoms with Crippen molar-refractivity contribution in [3.05, 3.63) is 71.8 Å². The summed E-state index contributed by atoms with van der Waals surface area (Å²) in [4.78, 5) is 48.8. The minimum atomic E-state index is -0.796. The van der Waals surface area contributed by atoms with Crippen LogP contribution in [0.4, 0.5) is 9.59 Å². The van der Waals surface area contributed by atoms with Gasteiger partial charge >= 0.3 is 24.1 Å². The van der Waals surface area contributed by atoms with Crippen molar-refractivity contribution in [2.75, 3.05) is 26.2 Å². The minimum Gasteiger partial charge on any atom is -0.481 e. The number of carboxylic acid groups (broad SMARTS) is 2. The molecule has 2 aliphatic heterocycles. The molecule has 2 aromatic rings. The Morgan fingerprint density at radius 1 is 0.744 bits per heavy atom. The monoisotopic (exact) mass is 540 g/mol. The number of nitrogens with zero attached hydrogens (tertiary/aromatic N) is 2. The zero-order valence-electron chi connectivity index (χ0n) is 22.2. The molecule has 210 valence electrons. The molecule has 4 rings (SSSR count). The van der Waals surface area contributed by atoms with E-state index in [2.05, 4.69) is 0 Å². The van der Waals surface area contributed by atoms with Crippen molar-refractivity contribution in [3.63, 3.8) is 0 Å². The Morgan fingerprint density at radius 3 is 1.54 bits per heavy atom. The van der Waals surface area contributed by atoms with Gasteiger partial charge in [0, 0.05) is 26.2 Å². The van der Waals surface area contributed by atoms with Gasteiger partial charge < -0.3 is 29.5 Å². The third kappa shape index (κ3) is 9.01. The summed E-state index contributed by atoms with van der Waals surface area (Å²) in [5.74, 6) is -1.91. The molecule has 2 heterocycles. The van der Waals surface area contributed by atoms with Gasteiger partial charge in [0.25, 0.3) is 0 Å². The summed E-state index contributed by atoms with van der Waals surface area (Å²) >= 11 is 0. The molecule has 0 aliphatic carbocycles. The van der Waals surface area contributed by atoms with Gasteiger partial charge in [0.1, 0.15) is 13.2 Å². The Kier molecular flexibility index (Phi) is 10.7. The van der Waals surface area contributed by atoms with Gasteiger partial charge in [-0.05, 0) is 43.7 Å². The number of benzene rings is 2. The number of amides is 2. The number of aliphatic carboxylic acids is 2. The van der Waals surface area contributed by atoms with Gasteiger partial charge in [0.2, 0.25) is 0 Å². The molecule has 0 bridgehead atoms. The lowest BCUT2D eigenvalue weighted by Crippen LogP contribution is -2.45.